The number of nitrogens with one attached hydrogen (secondary N) is 2. The fraction of sp³-hybridized carbons (Fsp3) is 0.111. The number of aromatic amines is 1. The predicted molar refractivity (Wildman–Crippen MR) is 95.2 cm³/mol. The first-order valence-corrected chi connectivity index (χ1v) is 8.05. The van der Waals surface area contributed by atoms with Crippen molar-refractivity contribution in [1.29, 1.82) is 0 Å². The Morgan fingerprint density at radius 2 is 1.78 bits per heavy atom. The first kappa shape index (κ1) is 17.9. The molecule has 1 unspecified atom stereocenters. The van der Waals surface area contributed by atoms with Crippen molar-refractivity contribution < 1.29 is 14.4 Å². The lowest BCUT2D eigenvalue weighted by atomic mass is 10.1. The summed E-state index contributed by atoms with van der Waals surface area (Å²) >= 11 is 0. The summed E-state index contributed by atoms with van der Waals surface area (Å²) < 4.78 is 0. The van der Waals surface area contributed by atoms with E-state index in [0.29, 0.717) is 17.1 Å². The highest BCUT2D eigenvalue weighted by atomic mass is 16.2. The van der Waals surface area contributed by atoms with E-state index in [1.54, 1.807) is 48.8 Å². The van der Waals surface area contributed by atoms with Gasteiger partial charge in [0.2, 0.25) is 5.78 Å². The van der Waals surface area contributed by atoms with Crippen LogP contribution in [0.1, 0.15) is 16.2 Å². The lowest BCUT2D eigenvalue weighted by Crippen LogP contribution is -2.47. The number of aromatic nitrogens is 4. The zero-order valence-corrected chi connectivity index (χ0v) is 14.1. The molecule has 0 aliphatic rings. The number of hydrogen-bond donors (Lipinski definition) is 3. The number of Topliss-reactive ketones (excluding diaryl/α,β-unsaturated/α-hetero) is 1. The van der Waals surface area contributed by atoms with Gasteiger partial charge in [0.15, 0.2) is 0 Å². The maximum absolute atomic E-state index is 12.7. The van der Waals surface area contributed by atoms with Gasteiger partial charge in [0.05, 0.1) is 12.0 Å². The van der Waals surface area contributed by atoms with E-state index in [4.69, 9.17) is 5.73 Å². The minimum Gasteiger partial charge on any atom is -0.363 e. The Balaban J connectivity index is 1.84. The molecule has 0 aliphatic carbocycles. The molecule has 1 atom stereocenters. The first-order valence-electron chi connectivity index (χ1n) is 8.05. The van der Waals surface area contributed by atoms with Gasteiger partial charge in [-0.25, -0.2) is 4.98 Å². The van der Waals surface area contributed by atoms with Crippen molar-refractivity contribution in [2.75, 3.05) is 0 Å². The Hall–Kier alpha value is -3.88. The van der Waals surface area contributed by atoms with Crippen molar-refractivity contribution in [3.05, 3.63) is 66.5 Å². The molecule has 9 nitrogen and oxygen atoms in total. The second-order valence-electron chi connectivity index (χ2n) is 5.62. The molecule has 0 radical (unpaired) electrons. The van der Waals surface area contributed by atoms with Gasteiger partial charge < -0.3 is 16.0 Å². The Kier molecular flexibility index (Phi) is 5.31. The van der Waals surface area contributed by atoms with Crippen LogP contribution in [0.2, 0.25) is 0 Å². The molecular formula is C18H16N6O3. The monoisotopic (exact) mass is 364 g/mol. The average molecular weight is 364 g/mol. The number of rotatable bonds is 7. The van der Waals surface area contributed by atoms with Gasteiger partial charge in [0.1, 0.15) is 17.4 Å². The molecule has 0 bridgehead atoms. The lowest BCUT2D eigenvalue weighted by Gasteiger charge is -2.15. The maximum atomic E-state index is 12.7. The second-order valence-corrected chi connectivity index (χ2v) is 5.62. The summed E-state index contributed by atoms with van der Waals surface area (Å²) in [5, 5.41) is 2.53. The lowest BCUT2D eigenvalue weighted by molar-refractivity contribution is -0.137. The molecule has 0 fully saturated rings. The van der Waals surface area contributed by atoms with Crippen LogP contribution in [-0.2, 0) is 16.0 Å². The minimum atomic E-state index is -1.15. The summed E-state index contributed by atoms with van der Waals surface area (Å²) in [6.07, 6.45) is 4.51. The minimum absolute atomic E-state index is 0.0292. The van der Waals surface area contributed by atoms with Gasteiger partial charge in [-0.1, -0.05) is 12.1 Å². The SMILES string of the molecule is NC(=O)C(=O)C(Cc1ccccn1)NC(=O)c1[nH]cnc1-c1ccccn1. The van der Waals surface area contributed by atoms with Crippen LogP contribution in [0.4, 0.5) is 0 Å². The molecule has 0 saturated carbocycles. The molecule has 27 heavy (non-hydrogen) atoms. The van der Waals surface area contributed by atoms with E-state index in [9.17, 15) is 14.4 Å². The standard InChI is InChI=1S/C18H16N6O3/c19-17(26)16(25)13(9-11-5-1-3-7-20-11)24-18(27)15-14(22-10-23-15)12-6-2-4-8-21-12/h1-8,10,13H,9H2,(H2,19,26)(H,22,23)(H,24,27). The maximum Gasteiger partial charge on any atom is 0.287 e. The Morgan fingerprint density at radius 3 is 2.41 bits per heavy atom. The van der Waals surface area contributed by atoms with Crippen LogP contribution in [0.3, 0.4) is 0 Å². The number of ketones is 1. The molecule has 3 aromatic heterocycles. The molecule has 0 saturated heterocycles. The number of primary amides is 1. The van der Waals surface area contributed by atoms with Crippen molar-refractivity contribution in [1.82, 2.24) is 25.3 Å². The average Bonchev–Trinajstić information content (AvgIpc) is 3.18. The van der Waals surface area contributed by atoms with Crippen LogP contribution in [0.5, 0.6) is 0 Å². The van der Waals surface area contributed by atoms with Gasteiger partial charge in [-0.3, -0.25) is 24.4 Å². The quantitative estimate of drug-likeness (QED) is 0.513. The van der Waals surface area contributed by atoms with Crippen LogP contribution in [0, 0.1) is 0 Å². The highest BCUT2D eigenvalue weighted by molar-refractivity contribution is 6.38. The molecule has 3 heterocycles. The van der Waals surface area contributed by atoms with Crippen LogP contribution >= 0.6 is 0 Å². The van der Waals surface area contributed by atoms with Crippen molar-refractivity contribution >= 4 is 17.6 Å². The van der Waals surface area contributed by atoms with E-state index in [0.717, 1.165) is 0 Å². The molecular weight excluding hydrogens is 348 g/mol. The third kappa shape index (κ3) is 4.21. The Morgan fingerprint density at radius 1 is 1.04 bits per heavy atom. The summed E-state index contributed by atoms with van der Waals surface area (Å²) in [6, 6.07) is 9.20. The highest BCUT2D eigenvalue weighted by Gasteiger charge is 2.28. The molecule has 136 valence electrons. The molecule has 2 amide bonds. The van der Waals surface area contributed by atoms with Crippen LogP contribution in [0.25, 0.3) is 11.4 Å². The van der Waals surface area contributed by atoms with Crippen molar-refractivity contribution in [3.63, 3.8) is 0 Å². The molecule has 9 heteroatoms. The number of amides is 2. The number of H-pyrrole nitrogens is 1. The van der Waals surface area contributed by atoms with Gasteiger partial charge in [0.25, 0.3) is 11.8 Å². The van der Waals surface area contributed by atoms with Crippen LogP contribution in [-0.4, -0.2) is 43.6 Å². The van der Waals surface area contributed by atoms with Gasteiger partial charge in [-0.05, 0) is 24.3 Å². The first-order chi connectivity index (χ1) is 13.1. The number of pyridine rings is 2. The molecule has 4 N–H and O–H groups in total. The summed E-state index contributed by atoms with van der Waals surface area (Å²) in [5.74, 6) is -2.65. The van der Waals surface area contributed by atoms with Gasteiger partial charge in [0, 0.05) is 24.5 Å². The smallest absolute Gasteiger partial charge is 0.287 e. The molecule has 0 spiro atoms. The predicted octanol–water partition coefficient (Wildman–Crippen LogP) is 0.262. The van der Waals surface area contributed by atoms with E-state index >= 15 is 0 Å². The largest absolute Gasteiger partial charge is 0.363 e. The zero-order valence-electron chi connectivity index (χ0n) is 14.1. The van der Waals surface area contributed by atoms with Gasteiger partial charge in [-0.15, -0.1) is 0 Å². The van der Waals surface area contributed by atoms with E-state index < -0.39 is 23.6 Å². The van der Waals surface area contributed by atoms with Gasteiger partial charge >= 0.3 is 0 Å². The Bertz CT molecular complexity index is 955. The third-order valence-corrected chi connectivity index (χ3v) is 3.78. The second kappa shape index (κ2) is 8.00. The topological polar surface area (TPSA) is 144 Å². The van der Waals surface area contributed by atoms with E-state index in [2.05, 4.69) is 25.3 Å². The fourth-order valence-electron chi connectivity index (χ4n) is 2.50. The summed E-state index contributed by atoms with van der Waals surface area (Å²) in [5.41, 5.74) is 6.59. The van der Waals surface area contributed by atoms with E-state index in [1.807, 2.05) is 0 Å². The van der Waals surface area contributed by atoms with Crippen molar-refractivity contribution in [2.45, 2.75) is 12.5 Å². The third-order valence-electron chi connectivity index (χ3n) is 3.78. The molecule has 3 rings (SSSR count). The number of hydrogen-bond acceptors (Lipinski definition) is 6. The summed E-state index contributed by atoms with van der Waals surface area (Å²) in [4.78, 5) is 51.3. The summed E-state index contributed by atoms with van der Waals surface area (Å²) in [7, 11) is 0. The number of nitrogens with two attached hydrogens (primary N) is 1. The van der Waals surface area contributed by atoms with Gasteiger partial charge in [-0.2, -0.15) is 0 Å². The normalized spacial score (nSPS) is 11.6. The number of imidazole rings is 1. The fourth-order valence-corrected chi connectivity index (χ4v) is 2.50. The number of carbonyl (C=O) groups excluding carboxylic acids is 3. The number of carbonyl (C=O) groups is 3. The van der Waals surface area contributed by atoms with Crippen molar-refractivity contribution in [2.24, 2.45) is 5.73 Å². The van der Waals surface area contributed by atoms with E-state index in [1.165, 1.54) is 6.33 Å². The van der Waals surface area contributed by atoms with Crippen molar-refractivity contribution in [3.8, 4) is 11.4 Å². The highest BCUT2D eigenvalue weighted by Crippen LogP contribution is 2.17. The number of nitrogens with zero attached hydrogens (tertiary/aromatic N) is 3. The van der Waals surface area contributed by atoms with Crippen LogP contribution in [0.15, 0.2) is 55.1 Å². The molecule has 0 aromatic carbocycles. The molecule has 0 aliphatic heterocycles. The summed E-state index contributed by atoms with van der Waals surface area (Å²) in [6.45, 7) is 0. The zero-order chi connectivity index (χ0) is 19.2. The molecule has 3 aromatic rings. The Labute approximate surface area is 154 Å². The van der Waals surface area contributed by atoms with E-state index in [-0.39, 0.29) is 12.1 Å². The van der Waals surface area contributed by atoms with Crippen LogP contribution < -0.4 is 11.1 Å².